The van der Waals surface area contributed by atoms with Gasteiger partial charge in [0.2, 0.25) is 10.0 Å². The number of aromatic nitrogens is 1. The van der Waals surface area contributed by atoms with E-state index in [2.05, 4.69) is 22.5 Å². The van der Waals surface area contributed by atoms with E-state index >= 15 is 0 Å². The van der Waals surface area contributed by atoms with Crippen LogP contribution < -0.4 is 21.5 Å². The topological polar surface area (TPSA) is 108 Å². The van der Waals surface area contributed by atoms with Gasteiger partial charge in [-0.15, -0.1) is 0 Å². The van der Waals surface area contributed by atoms with Crippen molar-refractivity contribution in [2.24, 2.45) is 5.92 Å². The van der Waals surface area contributed by atoms with Crippen LogP contribution in [0.5, 0.6) is 0 Å². The Morgan fingerprint density at radius 2 is 1.63 bits per heavy atom. The van der Waals surface area contributed by atoms with Gasteiger partial charge in [0, 0.05) is 37.7 Å². The van der Waals surface area contributed by atoms with Crippen LogP contribution in [0.1, 0.15) is 45.4 Å². The lowest BCUT2D eigenvalue weighted by molar-refractivity contribution is 0.287. The number of unbranched alkanes of at least 4 members (excludes halogenated alkanes) is 3. The van der Waals surface area contributed by atoms with Crippen LogP contribution in [0.4, 0.5) is 17.1 Å². The zero-order chi connectivity index (χ0) is 21.6. The van der Waals surface area contributed by atoms with Gasteiger partial charge in [-0.2, -0.15) is 0 Å². The van der Waals surface area contributed by atoms with Gasteiger partial charge in [0.15, 0.2) is 0 Å². The summed E-state index contributed by atoms with van der Waals surface area (Å²) in [5.41, 5.74) is 0.275. The predicted octanol–water partition coefficient (Wildman–Crippen LogP) is 2.46. The highest BCUT2D eigenvalue weighted by atomic mass is 32.2. The van der Waals surface area contributed by atoms with Crippen molar-refractivity contribution >= 4 is 27.1 Å². The van der Waals surface area contributed by atoms with E-state index in [1.165, 1.54) is 0 Å². The summed E-state index contributed by atoms with van der Waals surface area (Å²) >= 11 is 0. The fraction of sp³-hybridized carbons (Fsp3) is 0.571. The molecule has 1 fully saturated rings. The summed E-state index contributed by atoms with van der Waals surface area (Å²) in [6, 6.07) is 3.44. The van der Waals surface area contributed by atoms with Crippen molar-refractivity contribution in [3.8, 4) is 0 Å². The Kier molecular flexibility index (Phi) is 7.60. The largest absolute Gasteiger partial charge is 0.380 e. The molecule has 2 heterocycles. The minimum atomic E-state index is -3.14. The summed E-state index contributed by atoms with van der Waals surface area (Å²) in [7, 11) is -3.14. The first-order valence-electron chi connectivity index (χ1n) is 10.6. The summed E-state index contributed by atoms with van der Waals surface area (Å²) in [5.74, 6) is 0.810. The quantitative estimate of drug-likeness (QED) is 0.413. The lowest BCUT2D eigenvalue weighted by atomic mass is 10.0. The number of rotatable bonds is 11. The molecule has 0 amide bonds. The number of hydrogen-bond acceptors (Lipinski definition) is 7. The highest BCUT2D eigenvalue weighted by Gasteiger charge is 2.25. The number of pyridine rings is 1. The summed E-state index contributed by atoms with van der Waals surface area (Å²) in [5, 5.41) is 5.99. The van der Waals surface area contributed by atoms with E-state index in [9.17, 15) is 18.0 Å². The van der Waals surface area contributed by atoms with Crippen molar-refractivity contribution in [1.29, 1.82) is 0 Å². The van der Waals surface area contributed by atoms with Gasteiger partial charge >= 0.3 is 0 Å². The first-order chi connectivity index (χ1) is 14.4. The molecule has 0 aliphatic carbocycles. The Bertz CT molecular complexity index is 992. The van der Waals surface area contributed by atoms with E-state index in [4.69, 9.17) is 0 Å². The molecule has 2 N–H and O–H groups in total. The average Bonchev–Trinajstić information content (AvgIpc) is 2.75. The lowest BCUT2D eigenvalue weighted by Crippen LogP contribution is -2.39. The Morgan fingerprint density at radius 1 is 1.00 bits per heavy atom. The molecule has 1 aromatic carbocycles. The minimum absolute atomic E-state index is 0.201. The fourth-order valence-corrected chi connectivity index (χ4v) is 5.22. The Hall–Kier alpha value is -2.26. The van der Waals surface area contributed by atoms with Crippen molar-refractivity contribution in [2.75, 3.05) is 36.0 Å². The third-order valence-electron chi connectivity index (χ3n) is 5.63. The predicted molar refractivity (Wildman–Crippen MR) is 120 cm³/mol. The fourth-order valence-electron chi connectivity index (χ4n) is 3.63. The van der Waals surface area contributed by atoms with Gasteiger partial charge in [0.05, 0.1) is 5.75 Å². The molecular weight excluding hydrogens is 404 g/mol. The first kappa shape index (κ1) is 22.4. The van der Waals surface area contributed by atoms with E-state index in [0.29, 0.717) is 43.3 Å². The van der Waals surface area contributed by atoms with Crippen LogP contribution in [0.25, 0.3) is 0 Å². The van der Waals surface area contributed by atoms with E-state index < -0.39 is 20.9 Å². The molecule has 0 unspecified atom stereocenters. The normalized spacial score (nSPS) is 16.0. The molecule has 0 bridgehead atoms. The monoisotopic (exact) mass is 434 g/mol. The maximum Gasteiger partial charge on any atom is 0.253 e. The highest BCUT2D eigenvalue weighted by Crippen LogP contribution is 2.21. The van der Waals surface area contributed by atoms with E-state index in [1.807, 2.05) is 0 Å². The molecule has 0 saturated carbocycles. The summed E-state index contributed by atoms with van der Waals surface area (Å²) in [6.07, 6.45) is 8.22. The number of piperidine rings is 1. The van der Waals surface area contributed by atoms with E-state index in [0.717, 1.165) is 32.1 Å². The maximum absolute atomic E-state index is 12.4. The number of nitrogens with zero attached hydrogens (tertiary/aromatic N) is 2. The maximum atomic E-state index is 12.4. The molecule has 30 heavy (non-hydrogen) atoms. The third-order valence-corrected chi connectivity index (χ3v) is 7.58. The van der Waals surface area contributed by atoms with Crippen LogP contribution in [0.15, 0.2) is 34.1 Å². The molecule has 0 radical (unpaired) electrons. The molecule has 1 aliphatic rings. The SMILES string of the molecule is CC1CCN(S(=O)(=O)CCCCCCNc2c(Nc3ccncc3)c(=O)c2=O)CC1. The van der Waals surface area contributed by atoms with Crippen molar-refractivity contribution in [2.45, 2.75) is 45.4 Å². The number of nitrogens with one attached hydrogen (secondary N) is 2. The van der Waals surface area contributed by atoms with Crippen LogP contribution in [0.2, 0.25) is 0 Å². The number of hydrogen-bond donors (Lipinski definition) is 2. The van der Waals surface area contributed by atoms with Gasteiger partial charge in [0.1, 0.15) is 11.4 Å². The van der Waals surface area contributed by atoms with Gasteiger partial charge in [-0.1, -0.05) is 19.8 Å². The van der Waals surface area contributed by atoms with Gasteiger partial charge < -0.3 is 10.6 Å². The lowest BCUT2D eigenvalue weighted by Gasteiger charge is -2.29. The van der Waals surface area contributed by atoms with Crippen LogP contribution >= 0.6 is 0 Å². The van der Waals surface area contributed by atoms with Gasteiger partial charge in [-0.25, -0.2) is 12.7 Å². The minimum Gasteiger partial charge on any atom is -0.380 e. The van der Waals surface area contributed by atoms with Gasteiger partial charge in [-0.05, 0) is 43.7 Å². The molecule has 2 aromatic rings. The molecule has 1 saturated heterocycles. The molecule has 1 aromatic heterocycles. The first-order valence-corrected chi connectivity index (χ1v) is 12.2. The molecular formula is C21H30N4O4S. The Balaban J connectivity index is 1.35. The Labute approximate surface area is 177 Å². The van der Waals surface area contributed by atoms with Crippen LogP contribution in [-0.2, 0) is 10.0 Å². The molecule has 0 atom stereocenters. The third kappa shape index (κ3) is 5.66. The van der Waals surface area contributed by atoms with Crippen molar-refractivity contribution in [3.63, 3.8) is 0 Å². The van der Waals surface area contributed by atoms with E-state index in [1.54, 1.807) is 28.8 Å². The second-order valence-electron chi connectivity index (χ2n) is 8.01. The molecule has 1 aliphatic heterocycles. The second-order valence-corrected chi connectivity index (χ2v) is 10.1. The standard InChI is InChI=1S/C21H30N4O4S/c1-16-8-13-25(14-9-16)30(28,29)15-5-3-2-4-10-23-18-19(21(27)20(18)26)24-17-6-11-22-12-7-17/h6-7,11-12,16,23H,2-5,8-10,13-15H2,1H3,(H,22,24). The van der Waals surface area contributed by atoms with Gasteiger partial charge in [0.25, 0.3) is 10.9 Å². The second kappa shape index (κ2) is 10.2. The van der Waals surface area contributed by atoms with Crippen LogP contribution in [0.3, 0.4) is 0 Å². The highest BCUT2D eigenvalue weighted by molar-refractivity contribution is 7.89. The van der Waals surface area contributed by atoms with Crippen molar-refractivity contribution < 1.29 is 8.42 Å². The number of sulfonamides is 1. The average molecular weight is 435 g/mol. The molecule has 0 spiro atoms. The smallest absolute Gasteiger partial charge is 0.253 e. The number of anilines is 3. The van der Waals surface area contributed by atoms with Crippen molar-refractivity contribution in [3.05, 3.63) is 45.0 Å². The van der Waals surface area contributed by atoms with Gasteiger partial charge in [-0.3, -0.25) is 14.6 Å². The van der Waals surface area contributed by atoms with Crippen LogP contribution in [0, 0.1) is 5.92 Å². The summed E-state index contributed by atoms with van der Waals surface area (Å²) in [4.78, 5) is 27.5. The molecule has 9 heteroatoms. The zero-order valence-corrected chi connectivity index (χ0v) is 18.2. The molecule has 3 rings (SSSR count). The Morgan fingerprint density at radius 3 is 2.33 bits per heavy atom. The van der Waals surface area contributed by atoms with Crippen molar-refractivity contribution in [1.82, 2.24) is 9.29 Å². The molecule has 164 valence electrons. The summed E-state index contributed by atoms with van der Waals surface area (Å²) < 4.78 is 26.4. The zero-order valence-electron chi connectivity index (χ0n) is 17.4. The van der Waals surface area contributed by atoms with E-state index in [-0.39, 0.29) is 11.4 Å². The van der Waals surface area contributed by atoms with Crippen LogP contribution in [-0.4, -0.2) is 43.1 Å². The summed E-state index contributed by atoms with van der Waals surface area (Å²) in [6.45, 7) is 4.02. The molecule has 8 nitrogen and oxygen atoms in total.